The van der Waals surface area contributed by atoms with Gasteiger partial charge in [0.2, 0.25) is 5.88 Å². The van der Waals surface area contributed by atoms with Gasteiger partial charge in [0.15, 0.2) is 5.69 Å². The van der Waals surface area contributed by atoms with E-state index >= 15 is 0 Å². The van der Waals surface area contributed by atoms with Gasteiger partial charge in [-0.15, -0.1) is 0 Å². The number of methoxy groups -OCH3 is 1. The molecule has 0 aliphatic heterocycles. The molecule has 0 amide bonds. The van der Waals surface area contributed by atoms with Crippen LogP contribution in [0.4, 0.5) is 0 Å². The summed E-state index contributed by atoms with van der Waals surface area (Å²) < 4.78 is 11.7. The van der Waals surface area contributed by atoms with Crippen molar-refractivity contribution in [1.29, 1.82) is 0 Å². The quantitative estimate of drug-likeness (QED) is 0.800. The third-order valence-electron chi connectivity index (χ3n) is 5.90. The molecule has 0 atom stereocenters. The number of esters is 2. The fraction of sp³-hybridized carbons (Fsp3) is 0.706. The van der Waals surface area contributed by atoms with Gasteiger partial charge < -0.3 is 9.47 Å². The van der Waals surface area contributed by atoms with Crippen LogP contribution >= 0.6 is 0 Å². The van der Waals surface area contributed by atoms with Gasteiger partial charge in [-0.3, -0.25) is 4.79 Å². The summed E-state index contributed by atoms with van der Waals surface area (Å²) >= 11 is 0. The largest absolute Gasteiger partial charge is 0.464 e. The summed E-state index contributed by atoms with van der Waals surface area (Å²) in [5.41, 5.74) is -0.159. The van der Waals surface area contributed by atoms with E-state index in [0.717, 1.165) is 19.3 Å². The van der Waals surface area contributed by atoms with Gasteiger partial charge in [-0.1, -0.05) is 0 Å². The molecule has 4 saturated carbocycles. The third-order valence-corrected chi connectivity index (χ3v) is 5.90. The van der Waals surface area contributed by atoms with Crippen LogP contribution in [0.1, 0.15) is 49.0 Å². The molecular formula is C17H22N2O4. The highest BCUT2D eigenvalue weighted by Gasteiger charge is 2.55. The van der Waals surface area contributed by atoms with E-state index in [1.165, 1.54) is 37.1 Å². The molecule has 6 nitrogen and oxygen atoms in total. The molecular weight excluding hydrogens is 296 g/mol. The Hall–Kier alpha value is -1.85. The van der Waals surface area contributed by atoms with Crippen molar-refractivity contribution in [2.45, 2.75) is 38.5 Å². The predicted molar refractivity (Wildman–Crippen MR) is 80.8 cm³/mol. The monoisotopic (exact) mass is 318 g/mol. The van der Waals surface area contributed by atoms with E-state index in [4.69, 9.17) is 4.74 Å². The van der Waals surface area contributed by atoms with E-state index in [1.807, 2.05) is 0 Å². The van der Waals surface area contributed by atoms with Crippen molar-refractivity contribution in [2.24, 2.45) is 30.2 Å². The van der Waals surface area contributed by atoms with Crippen molar-refractivity contribution in [2.75, 3.05) is 7.11 Å². The Balaban J connectivity index is 1.54. The molecule has 124 valence electrons. The molecule has 1 aromatic heterocycles. The zero-order valence-electron chi connectivity index (χ0n) is 13.6. The lowest BCUT2D eigenvalue weighted by Crippen LogP contribution is -2.51. The van der Waals surface area contributed by atoms with Crippen LogP contribution in [0.5, 0.6) is 5.88 Å². The van der Waals surface area contributed by atoms with Gasteiger partial charge in [0.25, 0.3) is 0 Å². The minimum atomic E-state index is -0.530. The summed E-state index contributed by atoms with van der Waals surface area (Å²) in [6.07, 6.45) is 6.72. The Morgan fingerprint density at radius 3 is 2.26 bits per heavy atom. The topological polar surface area (TPSA) is 70.4 Å². The fourth-order valence-corrected chi connectivity index (χ4v) is 5.31. The molecule has 5 rings (SSSR count). The standard InChI is InChI=1S/C17H22N2O4/c1-19-14(6-13(18-19)15(20)22-2)23-16(21)17-7-10-3-11(8-17)5-12(4-10)9-17/h6,10-12H,3-5,7-9H2,1-2H3. The maximum absolute atomic E-state index is 12.9. The molecule has 0 aromatic carbocycles. The lowest BCUT2D eigenvalue weighted by Gasteiger charge is -2.55. The molecule has 6 heteroatoms. The molecule has 0 radical (unpaired) electrons. The van der Waals surface area contributed by atoms with Crippen LogP contribution in [0.2, 0.25) is 0 Å². The van der Waals surface area contributed by atoms with Crippen LogP contribution in [0.25, 0.3) is 0 Å². The number of rotatable bonds is 3. The highest BCUT2D eigenvalue weighted by Crippen LogP contribution is 2.60. The molecule has 0 saturated heterocycles. The van der Waals surface area contributed by atoms with Crippen LogP contribution in [-0.2, 0) is 16.6 Å². The first-order valence-corrected chi connectivity index (χ1v) is 8.34. The summed E-state index contributed by atoms with van der Waals surface area (Å²) in [6, 6.07) is 1.48. The minimum absolute atomic E-state index is 0.143. The molecule has 1 aromatic rings. The number of nitrogens with zero attached hydrogens (tertiary/aromatic N) is 2. The zero-order chi connectivity index (χ0) is 16.2. The summed E-state index contributed by atoms with van der Waals surface area (Å²) in [7, 11) is 2.97. The molecule has 4 bridgehead atoms. The van der Waals surface area contributed by atoms with E-state index in [2.05, 4.69) is 9.84 Å². The number of hydrogen-bond donors (Lipinski definition) is 0. The smallest absolute Gasteiger partial charge is 0.358 e. The van der Waals surface area contributed by atoms with Gasteiger partial charge >= 0.3 is 11.9 Å². The van der Waals surface area contributed by atoms with Crippen molar-refractivity contribution in [3.8, 4) is 5.88 Å². The SMILES string of the molecule is COC(=O)c1cc(OC(=O)C23CC4CC(CC(C4)C2)C3)n(C)n1. The van der Waals surface area contributed by atoms with Crippen LogP contribution in [0.3, 0.4) is 0 Å². The predicted octanol–water partition coefficient (Wildman–Crippen LogP) is 2.33. The number of ether oxygens (including phenoxy) is 2. The molecule has 0 spiro atoms. The van der Waals surface area contributed by atoms with Crippen molar-refractivity contribution >= 4 is 11.9 Å². The number of aryl methyl sites for hydroxylation is 1. The Morgan fingerprint density at radius 2 is 1.74 bits per heavy atom. The Morgan fingerprint density at radius 1 is 1.17 bits per heavy atom. The lowest BCUT2D eigenvalue weighted by molar-refractivity contribution is -0.162. The van der Waals surface area contributed by atoms with E-state index in [0.29, 0.717) is 23.6 Å². The summed E-state index contributed by atoms with van der Waals surface area (Å²) in [5, 5.41) is 4.05. The number of hydrogen-bond acceptors (Lipinski definition) is 5. The highest BCUT2D eigenvalue weighted by atomic mass is 16.5. The van der Waals surface area contributed by atoms with Crippen molar-refractivity contribution in [1.82, 2.24) is 9.78 Å². The van der Waals surface area contributed by atoms with Gasteiger partial charge in [0.05, 0.1) is 12.5 Å². The fourth-order valence-electron chi connectivity index (χ4n) is 5.31. The zero-order valence-corrected chi connectivity index (χ0v) is 13.6. The number of carbonyl (C=O) groups excluding carboxylic acids is 2. The van der Waals surface area contributed by atoms with E-state index in [-0.39, 0.29) is 17.1 Å². The van der Waals surface area contributed by atoms with E-state index in [9.17, 15) is 9.59 Å². The maximum Gasteiger partial charge on any atom is 0.358 e. The second-order valence-electron chi connectivity index (χ2n) is 7.57. The van der Waals surface area contributed by atoms with Gasteiger partial charge in [-0.2, -0.15) is 5.10 Å². The van der Waals surface area contributed by atoms with Crippen molar-refractivity contribution in [3.05, 3.63) is 11.8 Å². The molecule has 4 aliphatic carbocycles. The first-order chi connectivity index (χ1) is 11.0. The summed E-state index contributed by atoms with van der Waals surface area (Å²) in [5.74, 6) is 1.70. The normalized spacial score (nSPS) is 34.4. The number of aromatic nitrogens is 2. The first kappa shape index (κ1) is 14.7. The average molecular weight is 318 g/mol. The molecule has 0 N–H and O–H groups in total. The Bertz CT molecular complexity index is 628. The molecule has 1 heterocycles. The molecule has 4 aliphatic rings. The molecule has 4 fully saturated rings. The van der Waals surface area contributed by atoms with Gasteiger partial charge in [0, 0.05) is 13.1 Å². The van der Waals surface area contributed by atoms with Crippen LogP contribution < -0.4 is 4.74 Å². The van der Waals surface area contributed by atoms with Crippen molar-refractivity contribution < 1.29 is 19.1 Å². The first-order valence-electron chi connectivity index (χ1n) is 8.34. The minimum Gasteiger partial charge on any atom is -0.464 e. The third kappa shape index (κ3) is 2.35. The van der Waals surface area contributed by atoms with Gasteiger partial charge in [-0.25, -0.2) is 9.48 Å². The van der Waals surface area contributed by atoms with E-state index < -0.39 is 5.97 Å². The summed E-state index contributed by atoms with van der Waals surface area (Å²) in [6.45, 7) is 0. The van der Waals surface area contributed by atoms with Crippen LogP contribution in [-0.4, -0.2) is 28.8 Å². The number of carbonyl (C=O) groups is 2. The van der Waals surface area contributed by atoms with Crippen LogP contribution in [0, 0.1) is 23.2 Å². The van der Waals surface area contributed by atoms with Crippen LogP contribution in [0.15, 0.2) is 6.07 Å². The second kappa shape index (κ2) is 5.08. The maximum atomic E-state index is 12.9. The highest BCUT2D eigenvalue weighted by molar-refractivity contribution is 5.88. The van der Waals surface area contributed by atoms with Crippen molar-refractivity contribution in [3.63, 3.8) is 0 Å². The van der Waals surface area contributed by atoms with E-state index in [1.54, 1.807) is 7.05 Å². The lowest BCUT2D eigenvalue weighted by atomic mass is 9.49. The molecule has 23 heavy (non-hydrogen) atoms. The second-order valence-corrected chi connectivity index (χ2v) is 7.57. The van der Waals surface area contributed by atoms with Gasteiger partial charge in [0.1, 0.15) is 0 Å². The summed E-state index contributed by atoms with van der Waals surface area (Å²) in [4.78, 5) is 24.4. The molecule has 0 unspecified atom stereocenters. The van der Waals surface area contributed by atoms with Gasteiger partial charge in [-0.05, 0) is 56.3 Å². The average Bonchev–Trinajstić information content (AvgIpc) is 2.86. The Kier molecular flexibility index (Phi) is 3.25. The Labute approximate surface area is 135 Å².